The zero-order valence-corrected chi connectivity index (χ0v) is 18.6. The Bertz CT molecular complexity index is 902. The van der Waals surface area contributed by atoms with Gasteiger partial charge in [-0.3, -0.25) is 0 Å². The van der Waals surface area contributed by atoms with Crippen molar-refractivity contribution in [3.05, 3.63) is 108 Å². The fraction of sp³-hybridized carbons (Fsp3) is 0.185. The Labute approximate surface area is 180 Å². The molecular formula is C27H32O3. The first-order valence-electron chi connectivity index (χ1n) is 9.61. The van der Waals surface area contributed by atoms with Crippen LogP contribution >= 0.6 is 0 Å². The Hall–Kier alpha value is -3.46. The van der Waals surface area contributed by atoms with Crippen LogP contribution in [0.5, 0.6) is 11.5 Å². The number of aryl methyl sites for hydroxylation is 2. The van der Waals surface area contributed by atoms with Gasteiger partial charge in [0.1, 0.15) is 17.3 Å². The SMILES string of the molecule is C=C(C)/C=C\C(=C)O.COc1ccc2cc(OC)ccc2c1.Cc1ccc(C)cc1. The van der Waals surface area contributed by atoms with Crippen LogP contribution in [0.1, 0.15) is 18.1 Å². The van der Waals surface area contributed by atoms with E-state index >= 15 is 0 Å². The summed E-state index contributed by atoms with van der Waals surface area (Å²) in [5.74, 6) is 1.82. The van der Waals surface area contributed by atoms with Crippen molar-refractivity contribution in [3.8, 4) is 11.5 Å². The normalized spacial score (nSPS) is 9.77. The fourth-order valence-corrected chi connectivity index (χ4v) is 2.33. The van der Waals surface area contributed by atoms with E-state index in [1.165, 1.54) is 17.2 Å². The summed E-state index contributed by atoms with van der Waals surface area (Å²) in [6.45, 7) is 12.9. The molecule has 3 heteroatoms. The van der Waals surface area contributed by atoms with Crippen molar-refractivity contribution in [3.63, 3.8) is 0 Å². The molecule has 0 unspecified atom stereocenters. The van der Waals surface area contributed by atoms with Crippen molar-refractivity contribution < 1.29 is 14.6 Å². The summed E-state index contributed by atoms with van der Waals surface area (Å²) >= 11 is 0. The van der Waals surface area contributed by atoms with E-state index in [-0.39, 0.29) is 5.76 Å². The van der Waals surface area contributed by atoms with Crippen molar-refractivity contribution in [1.29, 1.82) is 0 Å². The van der Waals surface area contributed by atoms with Crippen LogP contribution in [0.25, 0.3) is 10.8 Å². The molecule has 0 spiro atoms. The molecule has 30 heavy (non-hydrogen) atoms. The second-order valence-corrected chi connectivity index (χ2v) is 6.90. The third kappa shape index (κ3) is 9.65. The number of benzene rings is 3. The van der Waals surface area contributed by atoms with Crippen molar-refractivity contribution in [2.75, 3.05) is 14.2 Å². The molecule has 0 bridgehead atoms. The van der Waals surface area contributed by atoms with Gasteiger partial charge in [-0.2, -0.15) is 0 Å². The molecule has 158 valence electrons. The van der Waals surface area contributed by atoms with Crippen molar-refractivity contribution >= 4 is 10.8 Å². The molecule has 0 aromatic heterocycles. The van der Waals surface area contributed by atoms with Crippen LogP contribution in [0.2, 0.25) is 0 Å². The van der Waals surface area contributed by atoms with E-state index < -0.39 is 0 Å². The van der Waals surface area contributed by atoms with Crippen LogP contribution in [-0.4, -0.2) is 19.3 Å². The van der Waals surface area contributed by atoms with Gasteiger partial charge < -0.3 is 14.6 Å². The second-order valence-electron chi connectivity index (χ2n) is 6.90. The molecule has 0 atom stereocenters. The molecule has 1 N–H and O–H groups in total. The van der Waals surface area contributed by atoms with E-state index in [4.69, 9.17) is 14.6 Å². The quantitative estimate of drug-likeness (QED) is 0.365. The van der Waals surface area contributed by atoms with Gasteiger partial charge in [0.05, 0.1) is 14.2 Å². The highest BCUT2D eigenvalue weighted by Gasteiger charge is 1.97. The van der Waals surface area contributed by atoms with Gasteiger partial charge >= 0.3 is 0 Å². The maximum Gasteiger partial charge on any atom is 0.119 e. The van der Waals surface area contributed by atoms with Gasteiger partial charge in [0.25, 0.3) is 0 Å². The lowest BCUT2D eigenvalue weighted by molar-refractivity contribution is 0.414. The lowest BCUT2D eigenvalue weighted by Gasteiger charge is -2.04. The number of ether oxygens (including phenoxy) is 2. The van der Waals surface area contributed by atoms with Gasteiger partial charge in [-0.05, 0) is 61.9 Å². The van der Waals surface area contributed by atoms with Crippen molar-refractivity contribution in [1.82, 2.24) is 0 Å². The maximum atomic E-state index is 8.48. The molecule has 0 aliphatic rings. The number of hydrogen-bond acceptors (Lipinski definition) is 3. The smallest absolute Gasteiger partial charge is 0.119 e. The molecule has 3 aromatic carbocycles. The Balaban J connectivity index is 0.000000243. The van der Waals surface area contributed by atoms with E-state index in [9.17, 15) is 0 Å². The van der Waals surface area contributed by atoms with Gasteiger partial charge in [-0.1, -0.05) is 72.3 Å². The summed E-state index contributed by atoms with van der Waals surface area (Å²) in [5, 5.41) is 10.8. The molecule has 3 nitrogen and oxygen atoms in total. The standard InChI is InChI=1S/C12H12O2.C8H10.C7H10O/c1-13-11-5-3-10-8-12(14-2)6-4-9(10)7-11;1-7-3-5-8(2)6-4-7;1-6(2)4-5-7(3)8/h3-8H,1-2H3;3-6H,1-2H3;4-5,8H,1,3H2,2H3/b;;5-4-. The van der Waals surface area contributed by atoms with Crippen LogP contribution in [0.4, 0.5) is 0 Å². The van der Waals surface area contributed by atoms with E-state index in [1.54, 1.807) is 20.3 Å². The minimum Gasteiger partial charge on any atom is -0.509 e. The lowest BCUT2D eigenvalue weighted by Crippen LogP contribution is -1.84. The highest BCUT2D eigenvalue weighted by molar-refractivity contribution is 5.85. The summed E-state index contributed by atoms with van der Waals surface area (Å²) < 4.78 is 10.3. The molecule has 0 heterocycles. The first-order chi connectivity index (χ1) is 14.2. The Morgan fingerprint density at radius 2 is 1.13 bits per heavy atom. The third-order valence-electron chi connectivity index (χ3n) is 4.03. The van der Waals surface area contributed by atoms with E-state index in [0.29, 0.717) is 0 Å². The van der Waals surface area contributed by atoms with Gasteiger partial charge in [-0.25, -0.2) is 0 Å². The summed E-state index contributed by atoms with van der Waals surface area (Å²) in [6.07, 6.45) is 3.20. The summed E-state index contributed by atoms with van der Waals surface area (Å²) in [5.41, 5.74) is 3.56. The van der Waals surface area contributed by atoms with Gasteiger partial charge in [0, 0.05) is 0 Å². The first kappa shape index (κ1) is 24.6. The number of hydrogen-bond donors (Lipinski definition) is 1. The second kappa shape index (κ2) is 12.9. The predicted molar refractivity (Wildman–Crippen MR) is 129 cm³/mol. The van der Waals surface area contributed by atoms with Gasteiger partial charge in [0.2, 0.25) is 0 Å². The Morgan fingerprint density at radius 3 is 1.40 bits per heavy atom. The summed E-state index contributed by atoms with van der Waals surface area (Å²) in [6, 6.07) is 20.4. The molecule has 0 saturated heterocycles. The Kier molecular flexibility index (Phi) is 10.6. The number of aliphatic hydroxyl groups excluding tert-OH is 1. The average Bonchev–Trinajstić information content (AvgIpc) is 2.74. The number of aliphatic hydroxyl groups is 1. The molecule has 3 rings (SSSR count). The van der Waals surface area contributed by atoms with Crippen LogP contribution < -0.4 is 9.47 Å². The fourth-order valence-electron chi connectivity index (χ4n) is 2.33. The zero-order valence-electron chi connectivity index (χ0n) is 18.6. The van der Waals surface area contributed by atoms with Crippen LogP contribution in [-0.2, 0) is 0 Å². The molecule has 0 aliphatic carbocycles. The minimum absolute atomic E-state index is 0.0630. The largest absolute Gasteiger partial charge is 0.509 e. The molecule has 3 aromatic rings. The van der Waals surface area contributed by atoms with E-state index in [0.717, 1.165) is 27.8 Å². The molecular weight excluding hydrogens is 372 g/mol. The lowest BCUT2D eigenvalue weighted by atomic mass is 10.1. The molecule has 0 saturated carbocycles. The van der Waals surface area contributed by atoms with Gasteiger partial charge in [-0.15, -0.1) is 0 Å². The van der Waals surface area contributed by atoms with Crippen molar-refractivity contribution in [2.24, 2.45) is 0 Å². The zero-order chi connectivity index (χ0) is 22.5. The number of allylic oxidation sites excluding steroid dienone is 3. The molecule has 0 aliphatic heterocycles. The van der Waals surface area contributed by atoms with Crippen molar-refractivity contribution in [2.45, 2.75) is 20.8 Å². The summed E-state index contributed by atoms with van der Waals surface area (Å²) in [4.78, 5) is 0. The maximum absolute atomic E-state index is 8.48. The average molecular weight is 405 g/mol. The Morgan fingerprint density at radius 1 is 0.733 bits per heavy atom. The van der Waals surface area contributed by atoms with Crippen LogP contribution in [0, 0.1) is 13.8 Å². The van der Waals surface area contributed by atoms with E-state index in [2.05, 4.69) is 51.3 Å². The summed E-state index contributed by atoms with van der Waals surface area (Å²) in [7, 11) is 3.34. The first-order valence-corrected chi connectivity index (χ1v) is 9.61. The molecule has 0 radical (unpaired) electrons. The highest BCUT2D eigenvalue weighted by Crippen LogP contribution is 2.24. The van der Waals surface area contributed by atoms with Crippen LogP contribution in [0.3, 0.4) is 0 Å². The predicted octanol–water partition coefficient (Wildman–Crippen LogP) is 7.35. The number of rotatable bonds is 4. The topological polar surface area (TPSA) is 38.7 Å². The van der Waals surface area contributed by atoms with Crippen LogP contribution in [0.15, 0.2) is 97.3 Å². The highest BCUT2D eigenvalue weighted by atomic mass is 16.5. The monoisotopic (exact) mass is 404 g/mol. The molecule has 0 amide bonds. The van der Waals surface area contributed by atoms with E-state index in [1.807, 2.05) is 43.3 Å². The number of fused-ring (bicyclic) bond motifs is 1. The third-order valence-corrected chi connectivity index (χ3v) is 4.03. The van der Waals surface area contributed by atoms with Gasteiger partial charge in [0.15, 0.2) is 0 Å². The molecule has 0 fully saturated rings. The number of methoxy groups -OCH3 is 2. The minimum atomic E-state index is 0.0630.